The molecule has 0 amide bonds. The Labute approximate surface area is 129 Å². The van der Waals surface area contributed by atoms with Gasteiger partial charge in [-0.15, -0.1) is 0 Å². The summed E-state index contributed by atoms with van der Waals surface area (Å²) in [4.78, 5) is 5.62. The van der Waals surface area contributed by atoms with Gasteiger partial charge in [-0.25, -0.2) is 8.78 Å². The molecule has 0 fully saturated rings. The van der Waals surface area contributed by atoms with Crippen LogP contribution in [0, 0.1) is 0 Å². The van der Waals surface area contributed by atoms with E-state index in [4.69, 9.17) is 0 Å². The van der Waals surface area contributed by atoms with Gasteiger partial charge in [-0.05, 0) is 19.2 Å². The fraction of sp³-hybridized carbons (Fsp3) is 0.467. The average Bonchev–Trinajstić information content (AvgIpc) is 2.85. The Kier molecular flexibility index (Phi) is 5.97. The first-order valence-electron chi connectivity index (χ1n) is 7.16. The number of halogens is 2. The highest BCUT2D eigenvalue weighted by molar-refractivity contribution is 5.61. The minimum atomic E-state index is -2.29. The van der Waals surface area contributed by atoms with Crippen molar-refractivity contribution in [3.63, 3.8) is 0 Å². The normalized spacial score (nSPS) is 11.5. The van der Waals surface area contributed by atoms with Crippen LogP contribution in [0.25, 0.3) is 11.3 Å². The summed E-state index contributed by atoms with van der Waals surface area (Å²) < 4.78 is 26.2. The van der Waals surface area contributed by atoms with E-state index in [1.54, 1.807) is 29.0 Å². The number of alkyl halides is 2. The van der Waals surface area contributed by atoms with E-state index in [9.17, 15) is 8.78 Å². The monoisotopic (exact) mass is 309 g/mol. The minimum Gasteiger partial charge on any atom is -0.311 e. The van der Waals surface area contributed by atoms with Gasteiger partial charge in [-0.2, -0.15) is 5.10 Å². The Morgan fingerprint density at radius 1 is 1.32 bits per heavy atom. The maximum absolute atomic E-state index is 12.2. The molecule has 0 spiro atoms. The summed E-state index contributed by atoms with van der Waals surface area (Å²) in [6.45, 7) is 1.67. The first-order valence-corrected chi connectivity index (χ1v) is 7.16. The van der Waals surface area contributed by atoms with Gasteiger partial charge in [-0.1, -0.05) is 0 Å². The van der Waals surface area contributed by atoms with Gasteiger partial charge >= 0.3 is 0 Å². The molecule has 2 heterocycles. The minimum absolute atomic E-state index is 0.198. The largest absolute Gasteiger partial charge is 0.311 e. The smallest absolute Gasteiger partial charge is 0.251 e. The number of rotatable bonds is 8. The average molecular weight is 309 g/mol. The van der Waals surface area contributed by atoms with Crippen molar-refractivity contribution in [2.45, 2.75) is 13.0 Å². The lowest BCUT2D eigenvalue weighted by molar-refractivity contribution is 0.101. The lowest BCUT2D eigenvalue weighted by Crippen LogP contribution is -2.32. The first kappa shape index (κ1) is 16.5. The third kappa shape index (κ3) is 4.85. The quantitative estimate of drug-likeness (QED) is 0.755. The van der Waals surface area contributed by atoms with Crippen molar-refractivity contribution in [2.24, 2.45) is 7.05 Å². The summed E-state index contributed by atoms with van der Waals surface area (Å²) in [5.74, 6) is 0. The molecule has 2 aromatic rings. The molecule has 2 rings (SSSR count). The van der Waals surface area contributed by atoms with E-state index in [-0.39, 0.29) is 6.54 Å². The molecule has 0 aliphatic rings. The summed E-state index contributed by atoms with van der Waals surface area (Å²) in [5, 5.41) is 7.75. The molecule has 0 unspecified atom stereocenters. The SMILES string of the molecule is CN(CCNCc1cn(C)nc1-c1ccncc1)CC(F)F. The molecular weight excluding hydrogens is 288 g/mol. The summed E-state index contributed by atoms with van der Waals surface area (Å²) in [6.07, 6.45) is 3.15. The lowest BCUT2D eigenvalue weighted by atomic mass is 10.1. The van der Waals surface area contributed by atoms with Crippen LogP contribution in [0.3, 0.4) is 0 Å². The van der Waals surface area contributed by atoms with Crippen molar-refractivity contribution >= 4 is 0 Å². The van der Waals surface area contributed by atoms with Gasteiger partial charge in [0.05, 0.1) is 12.2 Å². The van der Waals surface area contributed by atoms with Crippen LogP contribution in [0.4, 0.5) is 8.78 Å². The number of aryl methyl sites for hydroxylation is 1. The van der Waals surface area contributed by atoms with E-state index in [1.807, 2.05) is 25.4 Å². The maximum atomic E-state index is 12.2. The summed E-state index contributed by atoms with van der Waals surface area (Å²) in [7, 11) is 3.57. The Morgan fingerprint density at radius 2 is 2.05 bits per heavy atom. The molecule has 22 heavy (non-hydrogen) atoms. The molecule has 0 atom stereocenters. The lowest BCUT2D eigenvalue weighted by Gasteiger charge is -2.16. The van der Waals surface area contributed by atoms with Crippen molar-refractivity contribution in [1.82, 2.24) is 25.0 Å². The molecule has 5 nitrogen and oxygen atoms in total. The Balaban J connectivity index is 1.89. The van der Waals surface area contributed by atoms with Gasteiger partial charge in [0.2, 0.25) is 0 Å². The number of likely N-dealkylation sites (N-methyl/N-ethyl adjacent to an activating group) is 1. The summed E-state index contributed by atoms with van der Waals surface area (Å²) in [5.41, 5.74) is 3.01. The molecule has 120 valence electrons. The van der Waals surface area contributed by atoms with Crippen LogP contribution in [-0.2, 0) is 13.6 Å². The Bertz CT molecular complexity index is 571. The molecule has 0 aliphatic carbocycles. The molecular formula is C15H21F2N5. The zero-order chi connectivity index (χ0) is 15.9. The van der Waals surface area contributed by atoms with Crippen LogP contribution in [-0.4, -0.2) is 52.8 Å². The molecule has 0 saturated heterocycles. The van der Waals surface area contributed by atoms with E-state index in [0.29, 0.717) is 19.6 Å². The van der Waals surface area contributed by atoms with E-state index in [2.05, 4.69) is 15.4 Å². The summed E-state index contributed by atoms with van der Waals surface area (Å²) >= 11 is 0. The third-order valence-corrected chi connectivity index (χ3v) is 3.29. The fourth-order valence-electron chi connectivity index (χ4n) is 2.24. The molecule has 0 aromatic carbocycles. The van der Waals surface area contributed by atoms with E-state index in [1.165, 1.54) is 0 Å². The zero-order valence-corrected chi connectivity index (χ0v) is 12.8. The molecule has 0 saturated carbocycles. The molecule has 0 aliphatic heterocycles. The zero-order valence-electron chi connectivity index (χ0n) is 12.8. The van der Waals surface area contributed by atoms with Gasteiger partial charge in [-0.3, -0.25) is 14.6 Å². The standard InChI is InChI=1S/C15H21F2N5/c1-21(11-14(16)17)8-7-19-9-13-10-22(2)20-15(13)12-3-5-18-6-4-12/h3-6,10,14,19H,7-9,11H2,1-2H3. The second-order valence-electron chi connectivity index (χ2n) is 5.24. The third-order valence-electron chi connectivity index (χ3n) is 3.29. The fourth-order valence-corrected chi connectivity index (χ4v) is 2.24. The number of hydrogen-bond acceptors (Lipinski definition) is 4. The molecule has 7 heteroatoms. The molecule has 0 radical (unpaired) electrons. The second-order valence-corrected chi connectivity index (χ2v) is 5.24. The van der Waals surface area contributed by atoms with Crippen molar-refractivity contribution in [2.75, 3.05) is 26.7 Å². The molecule has 2 aromatic heterocycles. The van der Waals surface area contributed by atoms with Crippen LogP contribution < -0.4 is 5.32 Å². The number of aromatic nitrogens is 3. The molecule has 0 bridgehead atoms. The Hall–Kier alpha value is -1.86. The van der Waals surface area contributed by atoms with Gasteiger partial charge in [0, 0.05) is 56.4 Å². The van der Waals surface area contributed by atoms with Crippen molar-refractivity contribution in [3.05, 3.63) is 36.3 Å². The predicted molar refractivity (Wildman–Crippen MR) is 81.6 cm³/mol. The highest BCUT2D eigenvalue weighted by Crippen LogP contribution is 2.20. The number of hydrogen-bond donors (Lipinski definition) is 1. The van der Waals surface area contributed by atoms with Gasteiger partial charge in [0.1, 0.15) is 0 Å². The van der Waals surface area contributed by atoms with Crippen LogP contribution >= 0.6 is 0 Å². The van der Waals surface area contributed by atoms with Gasteiger partial charge < -0.3 is 5.32 Å². The van der Waals surface area contributed by atoms with E-state index >= 15 is 0 Å². The summed E-state index contributed by atoms with van der Waals surface area (Å²) in [6, 6.07) is 3.84. The van der Waals surface area contributed by atoms with Gasteiger partial charge in [0.15, 0.2) is 0 Å². The molecule has 1 N–H and O–H groups in total. The van der Waals surface area contributed by atoms with Gasteiger partial charge in [0.25, 0.3) is 6.43 Å². The number of nitrogens with one attached hydrogen (secondary N) is 1. The maximum Gasteiger partial charge on any atom is 0.251 e. The van der Waals surface area contributed by atoms with Crippen molar-refractivity contribution < 1.29 is 8.78 Å². The topological polar surface area (TPSA) is 46.0 Å². The van der Waals surface area contributed by atoms with E-state index < -0.39 is 6.43 Å². The van der Waals surface area contributed by atoms with Crippen LogP contribution in [0.2, 0.25) is 0 Å². The Morgan fingerprint density at radius 3 is 2.73 bits per heavy atom. The second kappa shape index (κ2) is 7.95. The number of nitrogens with zero attached hydrogens (tertiary/aromatic N) is 4. The van der Waals surface area contributed by atoms with Crippen molar-refractivity contribution in [3.8, 4) is 11.3 Å². The highest BCUT2D eigenvalue weighted by atomic mass is 19.3. The van der Waals surface area contributed by atoms with Crippen LogP contribution in [0.5, 0.6) is 0 Å². The number of pyridine rings is 1. The van der Waals surface area contributed by atoms with Crippen molar-refractivity contribution in [1.29, 1.82) is 0 Å². The van der Waals surface area contributed by atoms with Crippen LogP contribution in [0.1, 0.15) is 5.56 Å². The predicted octanol–water partition coefficient (Wildman–Crippen LogP) is 1.77. The van der Waals surface area contributed by atoms with Crippen LogP contribution in [0.15, 0.2) is 30.7 Å². The van der Waals surface area contributed by atoms with E-state index in [0.717, 1.165) is 16.8 Å². The highest BCUT2D eigenvalue weighted by Gasteiger charge is 2.10. The first-order chi connectivity index (χ1) is 10.6.